The van der Waals surface area contributed by atoms with Gasteiger partial charge in [0.25, 0.3) is 0 Å². The monoisotopic (exact) mass is 305 g/mol. The van der Waals surface area contributed by atoms with Gasteiger partial charge < -0.3 is 15.2 Å². The van der Waals surface area contributed by atoms with Crippen LogP contribution in [0, 0.1) is 0 Å². The summed E-state index contributed by atoms with van der Waals surface area (Å²) in [5, 5.41) is 12.7. The Balaban J connectivity index is 1.89. The maximum Gasteiger partial charge on any atom is 0.335 e. The molecule has 0 atom stereocenters. The first-order chi connectivity index (χ1) is 10.1. The molecule has 4 nitrogen and oxygen atoms in total. The van der Waals surface area contributed by atoms with E-state index in [0.717, 1.165) is 11.1 Å². The second-order valence-corrected chi connectivity index (χ2v) is 4.98. The summed E-state index contributed by atoms with van der Waals surface area (Å²) in [5.74, 6) is -0.257. The number of ether oxygens (including phenoxy) is 1. The Morgan fingerprint density at radius 3 is 2.33 bits per heavy atom. The predicted molar refractivity (Wildman–Crippen MR) is 81.9 cm³/mol. The largest absolute Gasteiger partial charge is 0.495 e. The van der Waals surface area contributed by atoms with Crippen LogP contribution in [0.1, 0.15) is 21.5 Å². The van der Waals surface area contributed by atoms with Crippen LogP contribution in [0.2, 0.25) is 5.02 Å². The van der Waals surface area contributed by atoms with Crippen LogP contribution >= 0.6 is 11.6 Å². The molecule has 0 bridgehead atoms. The average Bonchev–Trinajstić information content (AvgIpc) is 2.48. The molecular formula is C16H16ClNO3. The minimum atomic E-state index is -0.914. The molecule has 0 fully saturated rings. The van der Waals surface area contributed by atoms with E-state index in [1.54, 1.807) is 31.4 Å². The van der Waals surface area contributed by atoms with Gasteiger partial charge in [0.1, 0.15) is 5.75 Å². The Bertz CT molecular complexity index is 626. The quantitative estimate of drug-likeness (QED) is 0.859. The first kappa shape index (κ1) is 15.4. The SMILES string of the molecule is COc1ccc(CNCc2ccc(C(=O)O)cc2)cc1Cl. The van der Waals surface area contributed by atoms with Crippen molar-refractivity contribution in [2.45, 2.75) is 13.1 Å². The number of nitrogens with one attached hydrogen (secondary N) is 1. The molecule has 0 saturated carbocycles. The molecule has 0 radical (unpaired) electrons. The fraction of sp³-hybridized carbons (Fsp3) is 0.188. The number of aromatic carboxylic acids is 1. The van der Waals surface area contributed by atoms with Crippen LogP contribution < -0.4 is 10.1 Å². The highest BCUT2D eigenvalue weighted by atomic mass is 35.5. The van der Waals surface area contributed by atoms with Crippen LogP contribution in [0.5, 0.6) is 5.75 Å². The van der Waals surface area contributed by atoms with Crippen molar-refractivity contribution >= 4 is 17.6 Å². The zero-order chi connectivity index (χ0) is 15.2. The molecule has 0 saturated heterocycles. The predicted octanol–water partition coefficient (Wildman–Crippen LogP) is 3.34. The van der Waals surface area contributed by atoms with Crippen LogP contribution in [0.15, 0.2) is 42.5 Å². The van der Waals surface area contributed by atoms with Gasteiger partial charge in [0, 0.05) is 13.1 Å². The Kier molecular flexibility index (Phi) is 5.20. The van der Waals surface area contributed by atoms with Gasteiger partial charge in [0.15, 0.2) is 0 Å². The van der Waals surface area contributed by atoms with Gasteiger partial charge in [-0.1, -0.05) is 29.8 Å². The molecule has 2 aromatic carbocycles. The minimum Gasteiger partial charge on any atom is -0.495 e. The molecule has 2 N–H and O–H groups in total. The van der Waals surface area contributed by atoms with Crippen molar-refractivity contribution in [3.05, 3.63) is 64.2 Å². The summed E-state index contributed by atoms with van der Waals surface area (Å²) in [7, 11) is 1.58. The van der Waals surface area contributed by atoms with Crippen LogP contribution in [-0.2, 0) is 13.1 Å². The molecule has 2 aromatic rings. The maximum atomic E-state index is 10.8. The molecule has 0 aromatic heterocycles. The third-order valence-corrected chi connectivity index (χ3v) is 3.37. The first-order valence-electron chi connectivity index (χ1n) is 6.45. The van der Waals surface area contributed by atoms with Crippen molar-refractivity contribution in [3.8, 4) is 5.75 Å². The van der Waals surface area contributed by atoms with Gasteiger partial charge in [-0.05, 0) is 35.4 Å². The van der Waals surface area contributed by atoms with E-state index in [1.165, 1.54) is 0 Å². The summed E-state index contributed by atoms with van der Waals surface area (Å²) >= 11 is 6.06. The van der Waals surface area contributed by atoms with Gasteiger partial charge in [-0.15, -0.1) is 0 Å². The van der Waals surface area contributed by atoms with Gasteiger partial charge >= 0.3 is 5.97 Å². The van der Waals surface area contributed by atoms with Crippen LogP contribution in [0.4, 0.5) is 0 Å². The standard InChI is InChI=1S/C16H16ClNO3/c1-21-15-7-4-12(8-14(15)17)10-18-9-11-2-5-13(6-3-11)16(19)20/h2-8,18H,9-10H2,1H3,(H,19,20). The Morgan fingerprint density at radius 1 is 1.14 bits per heavy atom. The minimum absolute atomic E-state index is 0.292. The molecular weight excluding hydrogens is 290 g/mol. The molecule has 0 heterocycles. The zero-order valence-electron chi connectivity index (χ0n) is 11.6. The van der Waals surface area contributed by atoms with E-state index in [-0.39, 0.29) is 0 Å². The second-order valence-electron chi connectivity index (χ2n) is 4.57. The molecule has 21 heavy (non-hydrogen) atoms. The average molecular weight is 306 g/mol. The molecule has 5 heteroatoms. The van der Waals surface area contributed by atoms with Crippen molar-refractivity contribution in [3.63, 3.8) is 0 Å². The molecule has 0 aliphatic heterocycles. The lowest BCUT2D eigenvalue weighted by Crippen LogP contribution is -2.12. The van der Waals surface area contributed by atoms with E-state index in [2.05, 4.69) is 5.32 Å². The van der Waals surface area contributed by atoms with Gasteiger partial charge in [0.2, 0.25) is 0 Å². The topological polar surface area (TPSA) is 58.6 Å². The van der Waals surface area contributed by atoms with Crippen molar-refractivity contribution < 1.29 is 14.6 Å². The first-order valence-corrected chi connectivity index (χ1v) is 6.83. The lowest BCUT2D eigenvalue weighted by molar-refractivity contribution is 0.0697. The Morgan fingerprint density at radius 2 is 1.76 bits per heavy atom. The summed E-state index contributed by atoms with van der Waals surface area (Å²) < 4.78 is 5.10. The highest BCUT2D eigenvalue weighted by molar-refractivity contribution is 6.32. The highest BCUT2D eigenvalue weighted by Gasteiger charge is 2.03. The fourth-order valence-electron chi connectivity index (χ4n) is 1.94. The van der Waals surface area contributed by atoms with Crippen LogP contribution in [0.3, 0.4) is 0 Å². The fourth-order valence-corrected chi connectivity index (χ4v) is 2.22. The van der Waals surface area contributed by atoms with E-state index >= 15 is 0 Å². The zero-order valence-corrected chi connectivity index (χ0v) is 12.4. The lowest BCUT2D eigenvalue weighted by Gasteiger charge is -2.08. The summed E-state index contributed by atoms with van der Waals surface area (Å²) in [6, 6.07) is 12.5. The third-order valence-electron chi connectivity index (χ3n) is 3.08. The molecule has 0 aliphatic carbocycles. The number of rotatable bonds is 6. The molecule has 0 spiro atoms. The highest BCUT2D eigenvalue weighted by Crippen LogP contribution is 2.24. The Hall–Kier alpha value is -2.04. The molecule has 2 rings (SSSR count). The normalized spacial score (nSPS) is 10.4. The number of carboxylic acid groups (broad SMARTS) is 1. The van der Waals surface area contributed by atoms with Crippen molar-refractivity contribution in [2.24, 2.45) is 0 Å². The van der Waals surface area contributed by atoms with Gasteiger partial charge in [-0.3, -0.25) is 0 Å². The number of halogens is 1. The van der Waals surface area contributed by atoms with E-state index in [0.29, 0.717) is 29.4 Å². The third kappa shape index (κ3) is 4.21. The van der Waals surface area contributed by atoms with Crippen LogP contribution in [-0.4, -0.2) is 18.2 Å². The number of hydrogen-bond donors (Lipinski definition) is 2. The van der Waals surface area contributed by atoms with Crippen molar-refractivity contribution in [2.75, 3.05) is 7.11 Å². The summed E-state index contributed by atoms with van der Waals surface area (Å²) in [4.78, 5) is 10.8. The molecule has 110 valence electrons. The van der Waals surface area contributed by atoms with Crippen molar-refractivity contribution in [1.29, 1.82) is 0 Å². The van der Waals surface area contributed by atoms with Gasteiger partial charge in [-0.2, -0.15) is 0 Å². The number of methoxy groups -OCH3 is 1. The number of hydrogen-bond acceptors (Lipinski definition) is 3. The van der Waals surface area contributed by atoms with Crippen LogP contribution in [0.25, 0.3) is 0 Å². The van der Waals surface area contributed by atoms with E-state index < -0.39 is 5.97 Å². The van der Waals surface area contributed by atoms with E-state index in [4.69, 9.17) is 21.4 Å². The smallest absolute Gasteiger partial charge is 0.335 e. The summed E-state index contributed by atoms with van der Waals surface area (Å²) in [5.41, 5.74) is 2.38. The summed E-state index contributed by atoms with van der Waals surface area (Å²) in [6.07, 6.45) is 0. The number of carboxylic acids is 1. The number of carbonyl (C=O) groups is 1. The number of benzene rings is 2. The molecule has 0 unspecified atom stereocenters. The summed E-state index contributed by atoms with van der Waals surface area (Å²) in [6.45, 7) is 1.33. The second kappa shape index (κ2) is 7.11. The van der Waals surface area contributed by atoms with Crippen molar-refractivity contribution in [1.82, 2.24) is 5.32 Å². The Labute approximate surface area is 128 Å². The van der Waals surface area contributed by atoms with Gasteiger partial charge in [0.05, 0.1) is 17.7 Å². The van der Waals surface area contributed by atoms with Gasteiger partial charge in [-0.25, -0.2) is 4.79 Å². The lowest BCUT2D eigenvalue weighted by atomic mass is 10.1. The van der Waals surface area contributed by atoms with E-state index in [1.807, 2.05) is 18.2 Å². The molecule has 0 aliphatic rings. The molecule has 0 amide bonds. The maximum absolute atomic E-state index is 10.8. The van der Waals surface area contributed by atoms with E-state index in [9.17, 15) is 4.79 Å².